The molecule has 186 valence electrons. The summed E-state index contributed by atoms with van der Waals surface area (Å²) in [6, 6.07) is 0. The van der Waals surface area contributed by atoms with E-state index in [1.54, 1.807) is 14.0 Å². The summed E-state index contributed by atoms with van der Waals surface area (Å²) >= 11 is 0. The Morgan fingerprint density at radius 1 is 1.06 bits per heavy atom. The fourth-order valence-electron chi connectivity index (χ4n) is 2.65. The van der Waals surface area contributed by atoms with E-state index >= 15 is 0 Å². The number of amides is 1. The molecule has 0 heterocycles. The standard InChI is InChI=1S/C20H43N5O4S.HI/c1-9-20(10-2,24-18(26)29-19(5,6)7)16-23-17(21-11-3)22-14-13-15-25(8)30(27,28)12-4;/h9-16H2,1-8H3,(H,24,26)(H2,21,22,23);1H. The van der Waals surface area contributed by atoms with Crippen molar-refractivity contribution in [1.82, 2.24) is 20.3 Å². The Balaban J connectivity index is 0. The fraction of sp³-hybridized carbons (Fsp3) is 0.900. The molecule has 0 rings (SSSR count). The third-order valence-electron chi connectivity index (χ3n) is 4.79. The molecule has 0 aromatic rings. The van der Waals surface area contributed by atoms with E-state index in [-0.39, 0.29) is 29.7 Å². The molecule has 0 aliphatic heterocycles. The molecule has 31 heavy (non-hydrogen) atoms. The normalized spacial score (nSPS) is 12.9. The van der Waals surface area contributed by atoms with Gasteiger partial charge in [-0.25, -0.2) is 17.5 Å². The molecule has 0 aromatic heterocycles. The van der Waals surface area contributed by atoms with Crippen LogP contribution in [0.4, 0.5) is 4.79 Å². The highest BCUT2D eigenvalue weighted by Crippen LogP contribution is 2.17. The molecular weight excluding hydrogens is 533 g/mol. The first-order valence-electron chi connectivity index (χ1n) is 10.8. The molecule has 0 aliphatic rings. The lowest BCUT2D eigenvalue weighted by Crippen LogP contribution is -2.52. The van der Waals surface area contributed by atoms with E-state index < -0.39 is 27.3 Å². The fourth-order valence-corrected chi connectivity index (χ4v) is 3.50. The van der Waals surface area contributed by atoms with Crippen LogP contribution in [0, 0.1) is 0 Å². The van der Waals surface area contributed by atoms with Gasteiger partial charge in [0.1, 0.15) is 5.60 Å². The number of carbonyl (C=O) groups is 1. The number of sulfonamides is 1. The number of halogens is 1. The van der Waals surface area contributed by atoms with Gasteiger partial charge < -0.3 is 20.7 Å². The molecular formula is C20H44IN5O4S. The van der Waals surface area contributed by atoms with Crippen LogP contribution >= 0.6 is 24.0 Å². The highest BCUT2D eigenvalue weighted by Gasteiger charge is 2.30. The van der Waals surface area contributed by atoms with Crippen molar-refractivity contribution in [2.45, 2.75) is 78.9 Å². The summed E-state index contributed by atoms with van der Waals surface area (Å²) in [5, 5.41) is 9.41. The second-order valence-electron chi connectivity index (χ2n) is 8.31. The maximum atomic E-state index is 12.3. The van der Waals surface area contributed by atoms with E-state index in [4.69, 9.17) is 4.74 Å². The Hall–Kier alpha value is -0.820. The molecule has 0 bridgehead atoms. The summed E-state index contributed by atoms with van der Waals surface area (Å²) in [5.74, 6) is 0.734. The molecule has 0 fully saturated rings. The Labute approximate surface area is 206 Å². The van der Waals surface area contributed by atoms with E-state index in [0.29, 0.717) is 51.4 Å². The van der Waals surface area contributed by atoms with E-state index in [2.05, 4.69) is 20.9 Å². The maximum absolute atomic E-state index is 12.3. The first kappa shape index (κ1) is 32.4. The van der Waals surface area contributed by atoms with Crippen molar-refractivity contribution in [2.75, 3.05) is 39.0 Å². The number of hydrogen-bond acceptors (Lipinski definition) is 5. The summed E-state index contributed by atoms with van der Waals surface area (Å²) in [4.78, 5) is 16.9. The summed E-state index contributed by atoms with van der Waals surface area (Å²) in [7, 11) is -1.57. The van der Waals surface area contributed by atoms with E-state index in [9.17, 15) is 13.2 Å². The quantitative estimate of drug-likeness (QED) is 0.142. The van der Waals surface area contributed by atoms with Gasteiger partial charge in [0.25, 0.3) is 0 Å². The average Bonchev–Trinajstić information content (AvgIpc) is 2.66. The number of ether oxygens (including phenoxy) is 1. The van der Waals surface area contributed by atoms with Crippen molar-refractivity contribution in [2.24, 2.45) is 4.99 Å². The van der Waals surface area contributed by atoms with Gasteiger partial charge in [0.05, 0.1) is 17.8 Å². The van der Waals surface area contributed by atoms with Crippen molar-refractivity contribution in [1.29, 1.82) is 0 Å². The Morgan fingerprint density at radius 3 is 2.10 bits per heavy atom. The third kappa shape index (κ3) is 13.4. The summed E-state index contributed by atoms with van der Waals surface area (Å²) in [6.45, 7) is 15.3. The van der Waals surface area contributed by atoms with Gasteiger partial charge in [-0.2, -0.15) is 0 Å². The Morgan fingerprint density at radius 2 is 1.65 bits per heavy atom. The van der Waals surface area contributed by atoms with Gasteiger partial charge in [-0.05, 0) is 53.9 Å². The van der Waals surface area contributed by atoms with E-state index in [0.717, 1.165) is 0 Å². The molecule has 0 atom stereocenters. The molecule has 1 amide bonds. The summed E-state index contributed by atoms with van der Waals surface area (Å²) < 4.78 is 30.4. The molecule has 0 saturated heterocycles. The molecule has 0 aliphatic carbocycles. The van der Waals surface area contributed by atoms with Crippen molar-refractivity contribution in [3.63, 3.8) is 0 Å². The Kier molecular flexibility index (Phi) is 15.8. The Bertz CT molecular complexity index is 646. The van der Waals surface area contributed by atoms with Gasteiger partial charge in [-0.1, -0.05) is 13.8 Å². The van der Waals surface area contributed by atoms with Gasteiger partial charge in [0.2, 0.25) is 10.0 Å². The van der Waals surface area contributed by atoms with Crippen LogP contribution < -0.4 is 16.0 Å². The molecule has 0 spiro atoms. The largest absolute Gasteiger partial charge is 0.444 e. The van der Waals surface area contributed by atoms with Gasteiger partial charge in [-0.3, -0.25) is 4.99 Å². The van der Waals surface area contributed by atoms with Crippen molar-refractivity contribution >= 4 is 46.1 Å². The van der Waals surface area contributed by atoms with Crippen LogP contribution in [0.1, 0.15) is 67.7 Å². The number of hydrogen-bond donors (Lipinski definition) is 3. The van der Waals surface area contributed by atoms with Crippen LogP contribution in [0.25, 0.3) is 0 Å². The predicted molar refractivity (Wildman–Crippen MR) is 139 cm³/mol. The number of carbonyl (C=O) groups excluding carboxylic acids is 1. The lowest BCUT2D eigenvalue weighted by molar-refractivity contribution is 0.0452. The van der Waals surface area contributed by atoms with Crippen LogP contribution in [0.3, 0.4) is 0 Å². The SMILES string of the molecule is CCNC(=NCC(CC)(CC)NC(=O)OC(C)(C)C)NCCCN(C)S(=O)(=O)CC.I. The number of nitrogens with one attached hydrogen (secondary N) is 3. The molecule has 0 radical (unpaired) electrons. The van der Waals surface area contributed by atoms with Gasteiger partial charge in [-0.15, -0.1) is 24.0 Å². The van der Waals surface area contributed by atoms with Gasteiger partial charge in [0, 0.05) is 26.7 Å². The summed E-state index contributed by atoms with van der Waals surface area (Å²) in [6.07, 6.45) is 1.64. The van der Waals surface area contributed by atoms with Gasteiger partial charge in [0.15, 0.2) is 5.96 Å². The number of aliphatic imine (C=N–C) groups is 1. The average molecular weight is 578 g/mol. The third-order valence-corrected chi connectivity index (χ3v) is 6.65. The van der Waals surface area contributed by atoms with Crippen LogP contribution in [0.15, 0.2) is 4.99 Å². The predicted octanol–water partition coefficient (Wildman–Crippen LogP) is 2.91. The highest BCUT2D eigenvalue weighted by atomic mass is 127. The minimum Gasteiger partial charge on any atom is -0.444 e. The molecule has 9 nitrogen and oxygen atoms in total. The minimum absolute atomic E-state index is 0. The molecule has 11 heteroatoms. The van der Waals surface area contributed by atoms with Crippen LogP contribution in [0.2, 0.25) is 0 Å². The monoisotopic (exact) mass is 577 g/mol. The minimum atomic E-state index is -3.16. The number of nitrogens with zero attached hydrogens (tertiary/aromatic N) is 2. The van der Waals surface area contributed by atoms with Crippen molar-refractivity contribution < 1.29 is 17.9 Å². The zero-order chi connectivity index (χ0) is 23.4. The second-order valence-corrected chi connectivity index (χ2v) is 10.7. The van der Waals surface area contributed by atoms with Crippen molar-refractivity contribution in [3.05, 3.63) is 0 Å². The van der Waals surface area contributed by atoms with Crippen molar-refractivity contribution in [3.8, 4) is 0 Å². The lowest BCUT2D eigenvalue weighted by atomic mass is 9.93. The second kappa shape index (κ2) is 15.1. The maximum Gasteiger partial charge on any atom is 0.408 e. The zero-order valence-electron chi connectivity index (χ0n) is 20.5. The molecule has 0 saturated carbocycles. The topological polar surface area (TPSA) is 112 Å². The van der Waals surface area contributed by atoms with Crippen LogP contribution in [-0.4, -0.2) is 74.9 Å². The molecule has 0 aromatic carbocycles. The number of alkyl carbamates (subject to hydrolysis) is 1. The summed E-state index contributed by atoms with van der Waals surface area (Å²) in [5.41, 5.74) is -1.06. The highest BCUT2D eigenvalue weighted by molar-refractivity contribution is 14.0. The van der Waals surface area contributed by atoms with E-state index in [1.165, 1.54) is 4.31 Å². The first-order valence-corrected chi connectivity index (χ1v) is 12.4. The lowest BCUT2D eigenvalue weighted by Gasteiger charge is -2.32. The number of guanidine groups is 1. The first-order chi connectivity index (χ1) is 13.8. The number of rotatable bonds is 12. The van der Waals surface area contributed by atoms with Gasteiger partial charge >= 0.3 is 6.09 Å². The zero-order valence-corrected chi connectivity index (χ0v) is 23.6. The van der Waals surface area contributed by atoms with E-state index in [1.807, 2.05) is 41.5 Å². The smallest absolute Gasteiger partial charge is 0.408 e. The molecule has 3 N–H and O–H groups in total. The van der Waals surface area contributed by atoms with Crippen LogP contribution in [-0.2, 0) is 14.8 Å². The molecule has 0 unspecified atom stereocenters. The van der Waals surface area contributed by atoms with Crippen LogP contribution in [0.5, 0.6) is 0 Å².